The highest BCUT2D eigenvalue weighted by Crippen LogP contribution is 2.25. The highest BCUT2D eigenvalue weighted by atomic mass is 28.3. The van der Waals surface area contributed by atoms with Crippen molar-refractivity contribution >= 4 is 36.0 Å². The molecule has 0 atom stereocenters. The monoisotopic (exact) mass is 494 g/mol. The van der Waals surface area contributed by atoms with Crippen molar-refractivity contribution in [3.63, 3.8) is 0 Å². The minimum atomic E-state index is -1.20. The molecular formula is C25H34N6O3Si. The maximum Gasteiger partial charge on any atom is 0.255 e. The Bertz CT molecular complexity index is 1360. The van der Waals surface area contributed by atoms with Gasteiger partial charge in [-0.05, 0) is 38.9 Å². The first-order chi connectivity index (χ1) is 16.4. The number of rotatable bonds is 8. The van der Waals surface area contributed by atoms with Crippen molar-refractivity contribution in [1.29, 1.82) is 0 Å². The van der Waals surface area contributed by atoms with Gasteiger partial charge in [0, 0.05) is 37.9 Å². The van der Waals surface area contributed by atoms with Crippen LogP contribution in [-0.2, 0) is 11.5 Å². The highest BCUT2D eigenvalue weighted by Gasteiger charge is 2.23. The van der Waals surface area contributed by atoms with E-state index in [0.717, 1.165) is 22.7 Å². The number of hydrogen-bond donors (Lipinski definition) is 1. The lowest BCUT2D eigenvalue weighted by Gasteiger charge is -2.20. The van der Waals surface area contributed by atoms with Gasteiger partial charge in [-0.3, -0.25) is 4.79 Å². The largest absolute Gasteiger partial charge is 0.497 e. The molecule has 186 valence electrons. The van der Waals surface area contributed by atoms with Crippen LogP contribution < -0.4 is 10.1 Å². The zero-order valence-electron chi connectivity index (χ0n) is 21.5. The molecule has 3 aromatic heterocycles. The molecule has 1 N–H and O–H groups in total. The van der Waals surface area contributed by atoms with Crippen molar-refractivity contribution < 1.29 is 14.3 Å². The van der Waals surface area contributed by atoms with E-state index in [1.165, 1.54) is 0 Å². The lowest BCUT2D eigenvalue weighted by atomic mass is 10.1. The number of aromatic nitrogens is 5. The van der Waals surface area contributed by atoms with Gasteiger partial charge in [0.05, 0.1) is 30.6 Å². The molecule has 0 radical (unpaired) electrons. The first-order valence-corrected chi connectivity index (χ1v) is 15.4. The average Bonchev–Trinajstić information content (AvgIpc) is 3.35. The second-order valence-corrected chi connectivity index (χ2v) is 16.6. The predicted molar refractivity (Wildman–Crippen MR) is 140 cm³/mol. The van der Waals surface area contributed by atoms with Crippen LogP contribution in [0.2, 0.25) is 25.7 Å². The van der Waals surface area contributed by atoms with Gasteiger partial charge in [-0.1, -0.05) is 19.6 Å². The Labute approximate surface area is 206 Å². The van der Waals surface area contributed by atoms with Crippen molar-refractivity contribution in [1.82, 2.24) is 29.6 Å². The van der Waals surface area contributed by atoms with Gasteiger partial charge in [0.15, 0.2) is 11.5 Å². The molecule has 0 saturated heterocycles. The van der Waals surface area contributed by atoms with Gasteiger partial charge in [0.25, 0.3) is 5.91 Å². The standard InChI is InChI=1S/C25H34N6O3Si/c1-25(2,3)29-24(32)19-15-30(16-34-10-11-35(5,6)7)23-22(19)28-21(14-26-23)31-20-12-18(33-4)9-8-17(20)13-27-31/h8-9,12-15H,10-11,16H2,1-7H3,(H,29,32). The van der Waals surface area contributed by atoms with Crippen LogP contribution in [0.3, 0.4) is 0 Å². The number of nitrogens with one attached hydrogen (secondary N) is 1. The molecule has 0 aliphatic rings. The third-order valence-electron chi connectivity index (χ3n) is 5.51. The number of fused-ring (bicyclic) bond motifs is 2. The molecule has 9 nitrogen and oxygen atoms in total. The van der Waals surface area contributed by atoms with E-state index in [1.807, 2.05) is 43.5 Å². The van der Waals surface area contributed by atoms with Gasteiger partial charge in [-0.2, -0.15) is 5.10 Å². The number of methoxy groups -OCH3 is 1. The molecule has 0 fully saturated rings. The maximum absolute atomic E-state index is 13.2. The van der Waals surface area contributed by atoms with E-state index in [9.17, 15) is 4.79 Å². The normalized spacial score (nSPS) is 12.4. The fourth-order valence-electron chi connectivity index (χ4n) is 3.67. The third kappa shape index (κ3) is 5.71. The fraction of sp³-hybridized carbons (Fsp3) is 0.440. The van der Waals surface area contributed by atoms with E-state index in [1.54, 1.807) is 30.4 Å². The number of nitrogens with zero attached hydrogens (tertiary/aromatic N) is 5. The van der Waals surface area contributed by atoms with Crippen LogP contribution in [0.15, 0.2) is 36.8 Å². The molecule has 0 aliphatic carbocycles. The minimum absolute atomic E-state index is 0.207. The lowest BCUT2D eigenvalue weighted by molar-refractivity contribution is 0.0886. The quantitative estimate of drug-likeness (QED) is 0.284. The lowest BCUT2D eigenvalue weighted by Crippen LogP contribution is -2.40. The Kier molecular flexibility index (Phi) is 6.70. The molecule has 0 spiro atoms. The van der Waals surface area contributed by atoms with E-state index in [0.29, 0.717) is 35.9 Å². The smallest absolute Gasteiger partial charge is 0.255 e. The molecule has 0 unspecified atom stereocenters. The number of ether oxygens (including phenoxy) is 2. The SMILES string of the molecule is COc1ccc2cnn(-c3cnc4c(n3)c(C(=O)NC(C)(C)C)cn4COCC[Si](C)(C)C)c2c1. The van der Waals surface area contributed by atoms with Crippen LogP contribution in [-0.4, -0.2) is 57.6 Å². The van der Waals surface area contributed by atoms with Crippen molar-refractivity contribution in [3.8, 4) is 11.6 Å². The molecule has 4 aromatic rings. The zero-order valence-corrected chi connectivity index (χ0v) is 22.5. The second-order valence-electron chi connectivity index (χ2n) is 10.9. The zero-order chi connectivity index (χ0) is 25.4. The summed E-state index contributed by atoms with van der Waals surface area (Å²) in [5.41, 5.74) is 2.00. The average molecular weight is 495 g/mol. The number of carbonyl (C=O) groups excluding carboxylic acids is 1. The Hall–Kier alpha value is -3.24. The summed E-state index contributed by atoms with van der Waals surface area (Å²) in [6.45, 7) is 13.8. The third-order valence-corrected chi connectivity index (χ3v) is 7.21. The Morgan fingerprint density at radius 1 is 1.17 bits per heavy atom. The van der Waals surface area contributed by atoms with E-state index >= 15 is 0 Å². The molecule has 1 aromatic carbocycles. The van der Waals surface area contributed by atoms with Gasteiger partial charge in [0.1, 0.15) is 18.0 Å². The van der Waals surface area contributed by atoms with Crippen molar-refractivity contribution in [2.75, 3.05) is 13.7 Å². The van der Waals surface area contributed by atoms with Crippen molar-refractivity contribution in [3.05, 3.63) is 42.4 Å². The minimum Gasteiger partial charge on any atom is -0.497 e. The van der Waals surface area contributed by atoms with Crippen molar-refractivity contribution in [2.24, 2.45) is 0 Å². The van der Waals surface area contributed by atoms with Gasteiger partial charge in [-0.15, -0.1) is 0 Å². The van der Waals surface area contributed by atoms with Gasteiger partial charge in [0.2, 0.25) is 0 Å². The van der Waals surface area contributed by atoms with Crippen LogP contribution in [0, 0.1) is 0 Å². The molecular weight excluding hydrogens is 460 g/mol. The Morgan fingerprint density at radius 3 is 2.63 bits per heavy atom. The molecule has 0 saturated carbocycles. The van der Waals surface area contributed by atoms with Crippen LogP contribution in [0.1, 0.15) is 31.1 Å². The van der Waals surface area contributed by atoms with Crippen LogP contribution in [0.5, 0.6) is 5.75 Å². The predicted octanol–water partition coefficient (Wildman–Crippen LogP) is 4.62. The summed E-state index contributed by atoms with van der Waals surface area (Å²) in [6.07, 6.45) is 5.21. The van der Waals surface area contributed by atoms with Gasteiger partial charge < -0.3 is 19.4 Å². The molecule has 3 heterocycles. The van der Waals surface area contributed by atoms with Crippen LogP contribution in [0.25, 0.3) is 27.9 Å². The summed E-state index contributed by atoms with van der Waals surface area (Å²) < 4.78 is 14.9. The highest BCUT2D eigenvalue weighted by molar-refractivity contribution is 6.76. The summed E-state index contributed by atoms with van der Waals surface area (Å²) in [7, 11) is 0.426. The number of benzene rings is 1. The summed E-state index contributed by atoms with van der Waals surface area (Å²) >= 11 is 0. The van der Waals surface area contributed by atoms with E-state index in [2.05, 4.69) is 35.0 Å². The topological polar surface area (TPSA) is 96.1 Å². The van der Waals surface area contributed by atoms with Crippen molar-refractivity contribution in [2.45, 2.75) is 58.7 Å². The van der Waals surface area contributed by atoms with E-state index < -0.39 is 8.07 Å². The first kappa shape index (κ1) is 24.9. The van der Waals surface area contributed by atoms with E-state index in [4.69, 9.17) is 14.5 Å². The maximum atomic E-state index is 13.2. The van der Waals surface area contributed by atoms with Gasteiger partial charge >= 0.3 is 0 Å². The fourth-order valence-corrected chi connectivity index (χ4v) is 4.42. The second kappa shape index (κ2) is 9.42. The number of amides is 1. The Balaban J connectivity index is 1.75. The molecule has 35 heavy (non-hydrogen) atoms. The summed E-state index contributed by atoms with van der Waals surface area (Å²) in [5, 5.41) is 8.49. The molecule has 0 aliphatic heterocycles. The summed E-state index contributed by atoms with van der Waals surface area (Å²) in [5.74, 6) is 1.03. The molecule has 0 bridgehead atoms. The van der Waals surface area contributed by atoms with E-state index in [-0.39, 0.29) is 11.4 Å². The summed E-state index contributed by atoms with van der Waals surface area (Å²) in [6, 6.07) is 6.80. The van der Waals surface area contributed by atoms with Gasteiger partial charge in [-0.25, -0.2) is 14.6 Å². The Morgan fingerprint density at radius 2 is 1.94 bits per heavy atom. The number of hydrogen-bond acceptors (Lipinski definition) is 6. The summed E-state index contributed by atoms with van der Waals surface area (Å²) in [4.78, 5) is 22.7. The first-order valence-electron chi connectivity index (χ1n) is 11.7. The van der Waals surface area contributed by atoms with Crippen LogP contribution in [0.4, 0.5) is 0 Å². The molecule has 10 heteroatoms. The number of carbonyl (C=O) groups is 1. The van der Waals surface area contributed by atoms with Crippen LogP contribution >= 0.6 is 0 Å². The molecule has 4 rings (SSSR count). The molecule has 1 amide bonds.